The van der Waals surface area contributed by atoms with Gasteiger partial charge < -0.3 is 24.8 Å². The topological polar surface area (TPSA) is 0 Å². The molecule has 1 aliphatic carbocycles. The number of unbranched alkanes of at least 4 members (excludes halogenated alkanes) is 3. The Labute approximate surface area is 209 Å². The van der Waals surface area contributed by atoms with Crippen molar-refractivity contribution in [2.24, 2.45) is 0 Å². The number of benzene rings is 2. The van der Waals surface area contributed by atoms with Crippen molar-refractivity contribution in [3.8, 4) is 11.1 Å². The van der Waals surface area contributed by atoms with Crippen LogP contribution in [-0.2, 0) is 22.4 Å². The molecular formula is C26H35Cl2SiZr. The first-order valence-corrected chi connectivity index (χ1v) is 18.6. The van der Waals surface area contributed by atoms with Gasteiger partial charge in [-0.3, -0.25) is 0 Å². The van der Waals surface area contributed by atoms with Gasteiger partial charge in [-0.05, 0) is 0 Å². The molecule has 1 aliphatic rings. The molecule has 0 aliphatic heterocycles. The zero-order valence-electron chi connectivity index (χ0n) is 19.1. The number of hydrogen-bond donors (Lipinski definition) is 0. The van der Waals surface area contributed by atoms with Crippen LogP contribution in [0.25, 0.3) is 17.2 Å². The summed E-state index contributed by atoms with van der Waals surface area (Å²) < 4.78 is 0.832. The fourth-order valence-electron chi connectivity index (χ4n) is 4.20. The predicted molar refractivity (Wildman–Crippen MR) is 123 cm³/mol. The average Bonchev–Trinajstić information content (AvgIpc) is 3.02. The van der Waals surface area contributed by atoms with Crippen LogP contribution in [0.15, 0.2) is 48.0 Å². The smallest absolute Gasteiger partial charge is 1.00 e. The van der Waals surface area contributed by atoms with Crippen molar-refractivity contribution >= 4 is 12.0 Å². The van der Waals surface area contributed by atoms with Gasteiger partial charge in [0.2, 0.25) is 0 Å². The molecule has 161 valence electrons. The molecule has 0 spiro atoms. The largest absolute Gasteiger partial charge is 1.00 e. The average molecular weight is 538 g/mol. The molecule has 0 aromatic heterocycles. The number of allylic oxidation sites excluding steroid dienone is 1. The Kier molecular flexibility index (Phi) is 12.5. The van der Waals surface area contributed by atoms with Crippen molar-refractivity contribution in [1.29, 1.82) is 0 Å². The third-order valence-electron chi connectivity index (χ3n) is 5.79. The van der Waals surface area contributed by atoms with E-state index in [9.17, 15) is 0 Å². The zero-order valence-corrected chi connectivity index (χ0v) is 24.0. The second-order valence-electron chi connectivity index (χ2n) is 8.69. The predicted octanol–water partition coefficient (Wildman–Crippen LogP) is 2.23. The maximum absolute atomic E-state index is 2.60. The maximum atomic E-state index is 2.60. The number of hydrogen-bond acceptors (Lipinski definition) is 0. The summed E-state index contributed by atoms with van der Waals surface area (Å²) in [6.45, 7) is 11.9. The summed E-state index contributed by atoms with van der Waals surface area (Å²) in [5, 5.41) is 0. The van der Waals surface area contributed by atoms with Crippen molar-refractivity contribution in [2.45, 2.75) is 75.5 Å². The fraction of sp³-hybridized carbons (Fsp3) is 0.462. The van der Waals surface area contributed by atoms with Crippen molar-refractivity contribution in [1.82, 2.24) is 0 Å². The van der Waals surface area contributed by atoms with Gasteiger partial charge in [0.1, 0.15) is 0 Å². The molecule has 30 heavy (non-hydrogen) atoms. The molecule has 0 fully saturated rings. The molecule has 0 heterocycles. The summed E-state index contributed by atoms with van der Waals surface area (Å²) in [7, 11) is 0. The van der Waals surface area contributed by atoms with Gasteiger partial charge >= 0.3 is 186 Å². The molecule has 0 N–H and O–H groups in total. The maximum Gasteiger partial charge on any atom is -1.00 e. The first-order valence-electron chi connectivity index (χ1n) is 11.0. The van der Waals surface area contributed by atoms with Crippen LogP contribution in [0.4, 0.5) is 0 Å². The van der Waals surface area contributed by atoms with Gasteiger partial charge in [0.25, 0.3) is 0 Å². The summed E-state index contributed by atoms with van der Waals surface area (Å²) >= 11 is -0.371. The first kappa shape index (κ1) is 27.9. The number of rotatable bonds is 9. The molecule has 4 heteroatoms. The molecule has 1 atom stereocenters. The van der Waals surface area contributed by atoms with Crippen LogP contribution in [-0.4, -0.2) is 5.92 Å². The Morgan fingerprint density at radius 3 is 2.23 bits per heavy atom. The monoisotopic (exact) mass is 535 g/mol. The SMILES string of the molecule is CCCCCCC1=Cc2c(-c3ccc(C(C)C)cc3)cccc2[CH]1[Zr+2][Si](C)C.[Cl-].[Cl-]. The van der Waals surface area contributed by atoms with Gasteiger partial charge in [-0.15, -0.1) is 0 Å². The van der Waals surface area contributed by atoms with Crippen molar-refractivity contribution < 1.29 is 47.2 Å². The summed E-state index contributed by atoms with van der Waals surface area (Å²) in [6, 6.07) is 16.4. The molecule has 0 amide bonds. The van der Waals surface area contributed by atoms with Gasteiger partial charge in [0.15, 0.2) is 0 Å². The van der Waals surface area contributed by atoms with E-state index in [1.54, 1.807) is 16.7 Å². The van der Waals surface area contributed by atoms with Crippen molar-refractivity contribution in [2.75, 3.05) is 0 Å². The summed E-state index contributed by atoms with van der Waals surface area (Å²) in [4.78, 5) is 0. The minimum Gasteiger partial charge on any atom is -1.00 e. The summed E-state index contributed by atoms with van der Waals surface area (Å²) in [5.74, 6) is 0.505. The van der Waals surface area contributed by atoms with Gasteiger partial charge in [0, 0.05) is 0 Å². The van der Waals surface area contributed by atoms with Crippen LogP contribution in [0, 0.1) is 0 Å². The van der Waals surface area contributed by atoms with Gasteiger partial charge in [0.05, 0.1) is 0 Å². The van der Waals surface area contributed by atoms with E-state index in [2.05, 4.69) is 82.4 Å². The number of fused-ring (bicyclic) bond motifs is 1. The van der Waals surface area contributed by atoms with Crippen molar-refractivity contribution in [3.05, 3.63) is 64.7 Å². The van der Waals surface area contributed by atoms with E-state index >= 15 is 0 Å². The molecule has 0 nitrogen and oxygen atoms in total. The van der Waals surface area contributed by atoms with Gasteiger partial charge in [-0.25, -0.2) is 0 Å². The van der Waals surface area contributed by atoms with Gasteiger partial charge in [-0.1, -0.05) is 0 Å². The zero-order chi connectivity index (χ0) is 20.1. The molecule has 0 bridgehead atoms. The molecule has 3 rings (SSSR count). The fourth-order valence-corrected chi connectivity index (χ4v) is 13.1. The Morgan fingerprint density at radius 2 is 1.63 bits per heavy atom. The van der Waals surface area contributed by atoms with Crippen LogP contribution in [0.5, 0.6) is 0 Å². The van der Waals surface area contributed by atoms with E-state index in [4.69, 9.17) is 0 Å². The Morgan fingerprint density at radius 1 is 0.933 bits per heavy atom. The van der Waals surface area contributed by atoms with E-state index in [1.165, 1.54) is 48.8 Å². The minimum absolute atomic E-state index is 0. The summed E-state index contributed by atoms with van der Waals surface area (Å²) in [6.07, 6.45) is 9.39. The van der Waals surface area contributed by atoms with E-state index in [1.807, 2.05) is 0 Å². The molecule has 1 radical (unpaired) electrons. The van der Waals surface area contributed by atoms with E-state index in [0.29, 0.717) is 5.92 Å². The first-order chi connectivity index (χ1) is 13.5. The molecule has 0 saturated heterocycles. The molecule has 2 aromatic rings. The van der Waals surface area contributed by atoms with Gasteiger partial charge in [-0.2, -0.15) is 0 Å². The normalized spacial score (nSPS) is 14.6. The standard InChI is InChI=1S/C24H29.C2H6Si.2ClH.Zr/c1-4-5-6-7-9-19-16-22-10-8-11-23(24(22)17-19)21-14-12-20(13-15-21)18(2)3;1-3-2;;;/h8,10-18H,4-7,9H2,1-3H3;1-2H3;2*1H;/q;;;;+2/p-2. The van der Waals surface area contributed by atoms with Crippen LogP contribution in [0.3, 0.4) is 0 Å². The summed E-state index contributed by atoms with van der Waals surface area (Å²) in [5.41, 5.74) is 9.23. The van der Waals surface area contributed by atoms with E-state index in [0.717, 1.165) is 3.63 Å². The third-order valence-corrected chi connectivity index (χ3v) is 14.7. The molecule has 1 unspecified atom stereocenters. The Balaban J connectivity index is 0.00000225. The van der Waals surface area contributed by atoms with Crippen LogP contribution < -0.4 is 24.8 Å². The van der Waals surface area contributed by atoms with E-state index in [-0.39, 0.29) is 53.1 Å². The minimum atomic E-state index is -0.371. The molecular weight excluding hydrogens is 503 g/mol. The van der Waals surface area contributed by atoms with Crippen molar-refractivity contribution in [3.63, 3.8) is 0 Å². The second-order valence-corrected chi connectivity index (χ2v) is 21.9. The second kappa shape index (κ2) is 13.4. The quantitative estimate of drug-likeness (QED) is 0.340. The van der Waals surface area contributed by atoms with Crippen LogP contribution >= 0.6 is 0 Å². The number of halogens is 2. The Bertz CT molecular complexity index is 812. The van der Waals surface area contributed by atoms with Crippen LogP contribution in [0.1, 0.15) is 79.1 Å². The Hall–Kier alpha value is -0.140. The molecule has 2 aromatic carbocycles. The molecule has 0 saturated carbocycles. The van der Waals surface area contributed by atoms with E-state index < -0.39 is 0 Å². The third kappa shape index (κ3) is 6.93. The van der Waals surface area contributed by atoms with Crippen LogP contribution in [0.2, 0.25) is 13.1 Å².